The Balaban J connectivity index is 1.76. The molecule has 0 amide bonds. The number of guanidine groups is 1. The molecule has 0 aromatic carbocycles. The monoisotopic (exact) mass is 245 g/mol. The van der Waals surface area contributed by atoms with Crippen LogP contribution in [0.25, 0.3) is 0 Å². The molecule has 0 heterocycles. The van der Waals surface area contributed by atoms with Crippen LogP contribution in [0.3, 0.4) is 0 Å². The summed E-state index contributed by atoms with van der Waals surface area (Å²) in [7, 11) is 0. The highest BCUT2D eigenvalue weighted by Gasteiger charge is 2.44. The van der Waals surface area contributed by atoms with E-state index >= 15 is 0 Å². The standard InChI is InChI=1S/C12H21F2N3/c13-11(14)9-7-10(9)17-12(15)16-8-5-3-1-2-4-6-8/h8-11H,1-7H2,(H3,15,16,17)/t9-,10-/m0/s1. The lowest BCUT2D eigenvalue weighted by atomic mass is 10.1. The molecule has 0 bridgehead atoms. The molecule has 2 fully saturated rings. The molecule has 0 aromatic heterocycles. The zero-order valence-electron chi connectivity index (χ0n) is 10.0. The van der Waals surface area contributed by atoms with Crippen molar-refractivity contribution in [1.82, 2.24) is 5.32 Å². The molecular formula is C12H21F2N3. The summed E-state index contributed by atoms with van der Waals surface area (Å²) in [6.45, 7) is 0. The molecule has 2 saturated carbocycles. The molecule has 3 nitrogen and oxygen atoms in total. The molecule has 0 aliphatic heterocycles. The maximum Gasteiger partial charge on any atom is 0.243 e. The van der Waals surface area contributed by atoms with Gasteiger partial charge in [-0.15, -0.1) is 0 Å². The van der Waals surface area contributed by atoms with Gasteiger partial charge in [0.25, 0.3) is 0 Å². The number of halogens is 2. The average Bonchev–Trinajstić information content (AvgIpc) is 3.02. The fourth-order valence-electron chi connectivity index (χ4n) is 2.47. The second-order valence-corrected chi connectivity index (χ2v) is 5.15. The Morgan fingerprint density at radius 3 is 2.35 bits per heavy atom. The minimum Gasteiger partial charge on any atom is -0.370 e. The second-order valence-electron chi connectivity index (χ2n) is 5.15. The van der Waals surface area contributed by atoms with Crippen LogP contribution in [0.1, 0.15) is 44.9 Å². The number of nitrogens with one attached hydrogen (secondary N) is 1. The first-order valence-electron chi connectivity index (χ1n) is 6.55. The van der Waals surface area contributed by atoms with Gasteiger partial charge in [-0.1, -0.05) is 25.7 Å². The van der Waals surface area contributed by atoms with Gasteiger partial charge in [-0.25, -0.2) is 13.8 Å². The van der Waals surface area contributed by atoms with Crippen molar-refractivity contribution in [3.8, 4) is 0 Å². The fraction of sp³-hybridized carbons (Fsp3) is 0.917. The SMILES string of the molecule is NC(=N[C@H]1C[C@@H]1C(F)F)NC1CCCCCC1. The maximum absolute atomic E-state index is 12.3. The summed E-state index contributed by atoms with van der Waals surface area (Å²) in [5.74, 6) is -0.213. The molecule has 0 spiro atoms. The number of hydrogen-bond donors (Lipinski definition) is 2. The van der Waals surface area contributed by atoms with Crippen LogP contribution < -0.4 is 11.1 Å². The molecule has 2 atom stereocenters. The number of rotatable bonds is 3. The molecule has 0 saturated heterocycles. The summed E-state index contributed by atoms with van der Waals surface area (Å²) >= 11 is 0. The minimum absolute atomic E-state index is 0.256. The van der Waals surface area contributed by atoms with E-state index in [1.807, 2.05) is 0 Å². The number of alkyl halides is 2. The lowest BCUT2D eigenvalue weighted by Crippen LogP contribution is -2.40. The number of nitrogens with two attached hydrogens (primary N) is 1. The largest absolute Gasteiger partial charge is 0.370 e. The number of aliphatic imine (C=N–C) groups is 1. The fourth-order valence-corrected chi connectivity index (χ4v) is 2.47. The third kappa shape index (κ3) is 3.82. The lowest BCUT2D eigenvalue weighted by Gasteiger charge is -2.16. The molecule has 0 unspecified atom stereocenters. The van der Waals surface area contributed by atoms with Crippen molar-refractivity contribution in [3.63, 3.8) is 0 Å². The minimum atomic E-state index is -2.26. The van der Waals surface area contributed by atoms with Crippen molar-refractivity contribution in [2.24, 2.45) is 16.6 Å². The van der Waals surface area contributed by atoms with Crippen LogP contribution in [0.4, 0.5) is 8.78 Å². The first kappa shape index (κ1) is 12.6. The quantitative estimate of drug-likeness (QED) is 0.455. The van der Waals surface area contributed by atoms with Gasteiger partial charge in [-0.3, -0.25) is 0 Å². The van der Waals surface area contributed by atoms with E-state index in [1.54, 1.807) is 0 Å². The van der Waals surface area contributed by atoms with E-state index in [1.165, 1.54) is 25.7 Å². The third-order valence-corrected chi connectivity index (χ3v) is 3.64. The highest BCUT2D eigenvalue weighted by molar-refractivity contribution is 5.78. The highest BCUT2D eigenvalue weighted by Crippen LogP contribution is 2.38. The van der Waals surface area contributed by atoms with E-state index in [2.05, 4.69) is 10.3 Å². The number of hydrogen-bond acceptors (Lipinski definition) is 1. The Morgan fingerprint density at radius 1 is 1.18 bits per heavy atom. The van der Waals surface area contributed by atoms with E-state index in [-0.39, 0.29) is 6.04 Å². The smallest absolute Gasteiger partial charge is 0.243 e. The zero-order chi connectivity index (χ0) is 12.3. The van der Waals surface area contributed by atoms with Crippen LogP contribution in [0.5, 0.6) is 0 Å². The second kappa shape index (κ2) is 5.65. The van der Waals surface area contributed by atoms with Crippen molar-refractivity contribution in [2.75, 3.05) is 0 Å². The van der Waals surface area contributed by atoms with E-state index < -0.39 is 12.3 Å². The van der Waals surface area contributed by atoms with Crippen molar-refractivity contribution in [3.05, 3.63) is 0 Å². The Kier molecular flexibility index (Phi) is 4.18. The summed E-state index contributed by atoms with van der Waals surface area (Å²) in [6, 6.07) is 0.123. The molecule has 17 heavy (non-hydrogen) atoms. The Hall–Kier alpha value is -0.870. The van der Waals surface area contributed by atoms with Crippen molar-refractivity contribution >= 4 is 5.96 Å². The Labute approximate surface area is 101 Å². The van der Waals surface area contributed by atoms with Gasteiger partial charge in [0.05, 0.1) is 6.04 Å². The third-order valence-electron chi connectivity index (χ3n) is 3.64. The molecule has 0 aromatic rings. The summed E-state index contributed by atoms with van der Waals surface area (Å²) in [5, 5.41) is 3.17. The summed E-state index contributed by atoms with van der Waals surface area (Å²) < 4.78 is 24.6. The van der Waals surface area contributed by atoms with Gasteiger partial charge in [0.2, 0.25) is 6.43 Å². The van der Waals surface area contributed by atoms with Crippen LogP contribution in [-0.4, -0.2) is 24.5 Å². The van der Waals surface area contributed by atoms with Gasteiger partial charge in [0.15, 0.2) is 5.96 Å². The van der Waals surface area contributed by atoms with Crippen LogP contribution in [0.15, 0.2) is 4.99 Å². The van der Waals surface area contributed by atoms with E-state index in [9.17, 15) is 8.78 Å². The summed E-state index contributed by atoms with van der Waals surface area (Å²) in [6.07, 6.45) is 5.44. The van der Waals surface area contributed by atoms with Crippen LogP contribution >= 0.6 is 0 Å². The highest BCUT2D eigenvalue weighted by atomic mass is 19.3. The average molecular weight is 245 g/mol. The molecule has 2 aliphatic rings. The maximum atomic E-state index is 12.3. The van der Waals surface area contributed by atoms with Gasteiger partial charge >= 0.3 is 0 Å². The van der Waals surface area contributed by atoms with Gasteiger partial charge in [-0.2, -0.15) is 0 Å². The van der Waals surface area contributed by atoms with E-state index in [0.29, 0.717) is 18.4 Å². The molecule has 2 aliphatic carbocycles. The van der Waals surface area contributed by atoms with Gasteiger partial charge in [-0.05, 0) is 19.3 Å². The predicted octanol–water partition coefficient (Wildman–Crippen LogP) is 2.27. The summed E-state index contributed by atoms with van der Waals surface area (Å²) in [4.78, 5) is 4.12. The van der Waals surface area contributed by atoms with Gasteiger partial charge in [0, 0.05) is 12.0 Å². The topological polar surface area (TPSA) is 50.4 Å². The normalized spacial score (nSPS) is 31.4. The van der Waals surface area contributed by atoms with Crippen LogP contribution in [0.2, 0.25) is 0 Å². The predicted molar refractivity (Wildman–Crippen MR) is 64.1 cm³/mol. The zero-order valence-corrected chi connectivity index (χ0v) is 10.0. The van der Waals surface area contributed by atoms with Crippen LogP contribution in [0, 0.1) is 5.92 Å². The van der Waals surface area contributed by atoms with Crippen molar-refractivity contribution in [2.45, 2.75) is 63.5 Å². The van der Waals surface area contributed by atoms with Crippen molar-refractivity contribution < 1.29 is 8.78 Å². The summed E-state index contributed by atoms with van der Waals surface area (Å²) in [5.41, 5.74) is 5.75. The molecule has 98 valence electrons. The van der Waals surface area contributed by atoms with Crippen LogP contribution in [-0.2, 0) is 0 Å². The molecule has 2 rings (SSSR count). The van der Waals surface area contributed by atoms with E-state index in [0.717, 1.165) is 12.8 Å². The molecule has 0 radical (unpaired) electrons. The molecule has 5 heteroatoms. The lowest BCUT2D eigenvalue weighted by molar-refractivity contribution is 0.121. The van der Waals surface area contributed by atoms with E-state index in [4.69, 9.17) is 5.73 Å². The number of nitrogens with zero attached hydrogens (tertiary/aromatic N) is 1. The molecule has 3 N–H and O–H groups in total. The van der Waals surface area contributed by atoms with Gasteiger partial charge in [0.1, 0.15) is 0 Å². The molecular weight excluding hydrogens is 224 g/mol. The van der Waals surface area contributed by atoms with Gasteiger partial charge < -0.3 is 11.1 Å². The first-order chi connectivity index (χ1) is 8.16. The Bertz CT molecular complexity index is 273. The Morgan fingerprint density at radius 2 is 1.82 bits per heavy atom. The first-order valence-corrected chi connectivity index (χ1v) is 6.55. The van der Waals surface area contributed by atoms with Crippen molar-refractivity contribution in [1.29, 1.82) is 0 Å².